The highest BCUT2D eigenvalue weighted by atomic mass is 16.5. The number of carbonyl (C=O) groups is 3. The molecule has 3 aliphatic carbocycles. The van der Waals surface area contributed by atoms with Gasteiger partial charge in [0.25, 0.3) is 0 Å². The second-order valence-corrected chi connectivity index (χ2v) is 9.83. The largest absolute Gasteiger partial charge is 0.463 e. The first-order valence-corrected chi connectivity index (χ1v) is 10.9. The Morgan fingerprint density at radius 2 is 1.96 bits per heavy atom. The van der Waals surface area contributed by atoms with Crippen LogP contribution in [0, 0.1) is 34.5 Å². The molecule has 7 atom stereocenters. The van der Waals surface area contributed by atoms with E-state index >= 15 is 0 Å². The molecule has 0 spiro atoms. The Kier molecular flexibility index (Phi) is 5.84. The molecule has 0 amide bonds. The lowest BCUT2D eigenvalue weighted by Crippen LogP contribution is -2.56. The molecule has 0 bridgehead atoms. The lowest BCUT2D eigenvalue weighted by Gasteiger charge is -2.58. The van der Waals surface area contributed by atoms with E-state index < -0.39 is 0 Å². The lowest BCUT2D eigenvalue weighted by molar-refractivity contribution is -0.163. The molecule has 0 unspecified atom stereocenters. The Morgan fingerprint density at radius 3 is 2.59 bits per heavy atom. The van der Waals surface area contributed by atoms with Crippen LogP contribution in [0.4, 0.5) is 0 Å². The van der Waals surface area contributed by atoms with Crippen molar-refractivity contribution in [3.63, 3.8) is 0 Å². The number of esters is 1. The van der Waals surface area contributed by atoms with Crippen molar-refractivity contribution in [1.29, 1.82) is 0 Å². The first-order chi connectivity index (χ1) is 12.8. The molecule has 0 aromatic heterocycles. The van der Waals surface area contributed by atoms with Crippen molar-refractivity contribution < 1.29 is 19.1 Å². The molecule has 0 heterocycles. The summed E-state index contributed by atoms with van der Waals surface area (Å²) in [5.41, 5.74) is -0.155. The summed E-state index contributed by atoms with van der Waals surface area (Å²) in [6.45, 7) is 8.11. The number of fused-ring (bicyclic) bond motifs is 3. The third-order valence-corrected chi connectivity index (χ3v) is 8.63. The summed E-state index contributed by atoms with van der Waals surface area (Å²) in [5.74, 6) is 1.57. The Labute approximate surface area is 163 Å². The van der Waals surface area contributed by atoms with Gasteiger partial charge in [-0.2, -0.15) is 0 Å². The van der Waals surface area contributed by atoms with Crippen LogP contribution in [-0.4, -0.2) is 24.1 Å². The summed E-state index contributed by atoms with van der Waals surface area (Å²) in [6, 6.07) is 0. The van der Waals surface area contributed by atoms with Gasteiger partial charge in [-0.15, -0.1) is 0 Å². The summed E-state index contributed by atoms with van der Waals surface area (Å²) in [6.07, 6.45) is 9.38. The first-order valence-electron chi connectivity index (χ1n) is 10.9. The number of Topliss-reactive ketones (excluding diaryl/α,β-unsaturated/α-hetero) is 1. The maximum absolute atomic E-state index is 13.6. The van der Waals surface area contributed by atoms with Crippen molar-refractivity contribution in [3.05, 3.63) is 0 Å². The predicted molar refractivity (Wildman–Crippen MR) is 104 cm³/mol. The molecule has 3 fully saturated rings. The molecule has 4 heteroatoms. The van der Waals surface area contributed by atoms with E-state index in [1.165, 1.54) is 6.92 Å². The lowest BCUT2D eigenvalue weighted by atomic mass is 9.46. The minimum atomic E-state index is -0.338. The smallest absolute Gasteiger partial charge is 0.302 e. The van der Waals surface area contributed by atoms with E-state index in [-0.39, 0.29) is 34.7 Å². The number of carbonyl (C=O) groups excluding carboxylic acids is 3. The Bertz CT molecular complexity index is 599. The zero-order chi connectivity index (χ0) is 19.8. The molecule has 27 heavy (non-hydrogen) atoms. The fourth-order valence-electron chi connectivity index (χ4n) is 6.95. The van der Waals surface area contributed by atoms with Gasteiger partial charge in [-0.05, 0) is 68.1 Å². The molecular formula is C23H36O4. The molecule has 3 saturated carbocycles. The SMILES string of the molecule is CC[C@H](CC=O)[C@@]1(C)CC[C@H]2[C@@H](CC[C@@H]3C[C@@H](OC(C)=O)CC[C@@]32C)C1=O. The minimum Gasteiger partial charge on any atom is -0.463 e. The van der Waals surface area contributed by atoms with Crippen LogP contribution < -0.4 is 0 Å². The van der Waals surface area contributed by atoms with Crippen LogP contribution in [0.15, 0.2) is 0 Å². The van der Waals surface area contributed by atoms with Gasteiger partial charge >= 0.3 is 5.97 Å². The summed E-state index contributed by atoms with van der Waals surface area (Å²) < 4.78 is 5.51. The zero-order valence-electron chi connectivity index (χ0n) is 17.5. The second-order valence-electron chi connectivity index (χ2n) is 9.83. The number of ketones is 1. The van der Waals surface area contributed by atoms with Crippen molar-refractivity contribution in [3.8, 4) is 0 Å². The van der Waals surface area contributed by atoms with Gasteiger partial charge in [-0.3, -0.25) is 9.59 Å². The number of rotatable bonds is 5. The quantitative estimate of drug-likeness (QED) is 0.514. The average molecular weight is 377 g/mol. The van der Waals surface area contributed by atoms with Crippen LogP contribution in [0.25, 0.3) is 0 Å². The molecule has 0 saturated heterocycles. The van der Waals surface area contributed by atoms with E-state index in [4.69, 9.17) is 4.74 Å². The molecule has 0 N–H and O–H groups in total. The Hall–Kier alpha value is -1.19. The van der Waals surface area contributed by atoms with Gasteiger partial charge in [0.15, 0.2) is 0 Å². The highest BCUT2D eigenvalue weighted by molar-refractivity contribution is 5.88. The molecule has 4 nitrogen and oxygen atoms in total. The third kappa shape index (κ3) is 3.49. The van der Waals surface area contributed by atoms with Gasteiger partial charge in [0, 0.05) is 24.7 Å². The predicted octanol–water partition coefficient (Wildman–Crippen LogP) is 4.74. The summed E-state index contributed by atoms with van der Waals surface area (Å²) in [4.78, 5) is 36.1. The van der Waals surface area contributed by atoms with E-state index in [9.17, 15) is 14.4 Å². The molecule has 3 aliphatic rings. The van der Waals surface area contributed by atoms with E-state index in [0.717, 1.165) is 57.7 Å². The molecule has 0 radical (unpaired) electrons. The van der Waals surface area contributed by atoms with Gasteiger partial charge in [0.2, 0.25) is 0 Å². The fourth-order valence-corrected chi connectivity index (χ4v) is 6.95. The normalized spacial score (nSPS) is 42.6. The van der Waals surface area contributed by atoms with Crippen LogP contribution in [0.2, 0.25) is 0 Å². The number of hydrogen-bond donors (Lipinski definition) is 0. The van der Waals surface area contributed by atoms with Gasteiger partial charge in [-0.1, -0.05) is 27.2 Å². The molecular weight excluding hydrogens is 340 g/mol. The first kappa shape index (κ1) is 20.5. The topological polar surface area (TPSA) is 60.4 Å². The van der Waals surface area contributed by atoms with Crippen molar-refractivity contribution in [2.75, 3.05) is 0 Å². The van der Waals surface area contributed by atoms with E-state index in [1.54, 1.807) is 0 Å². The van der Waals surface area contributed by atoms with Gasteiger partial charge in [0.05, 0.1) is 0 Å². The Balaban J connectivity index is 1.78. The maximum Gasteiger partial charge on any atom is 0.302 e. The molecule has 0 aromatic carbocycles. The van der Waals surface area contributed by atoms with Gasteiger partial charge < -0.3 is 9.53 Å². The number of hydrogen-bond acceptors (Lipinski definition) is 4. The molecule has 3 rings (SSSR count). The van der Waals surface area contributed by atoms with Crippen molar-refractivity contribution >= 4 is 18.0 Å². The maximum atomic E-state index is 13.6. The van der Waals surface area contributed by atoms with E-state index in [2.05, 4.69) is 20.8 Å². The molecule has 152 valence electrons. The average Bonchev–Trinajstić information content (AvgIpc) is 2.62. The summed E-state index contributed by atoms with van der Waals surface area (Å²) in [5, 5.41) is 0. The third-order valence-electron chi connectivity index (χ3n) is 8.63. The van der Waals surface area contributed by atoms with Crippen molar-refractivity contribution in [1.82, 2.24) is 0 Å². The minimum absolute atomic E-state index is 0.0544. The van der Waals surface area contributed by atoms with E-state index in [1.807, 2.05) is 0 Å². The molecule has 0 aromatic rings. The number of ether oxygens (including phenoxy) is 1. The second kappa shape index (κ2) is 7.67. The molecule has 0 aliphatic heterocycles. The van der Waals surface area contributed by atoms with Gasteiger partial charge in [0.1, 0.15) is 18.2 Å². The van der Waals surface area contributed by atoms with Crippen LogP contribution in [0.5, 0.6) is 0 Å². The summed E-state index contributed by atoms with van der Waals surface area (Å²) in [7, 11) is 0. The highest BCUT2D eigenvalue weighted by Gasteiger charge is 2.58. The zero-order valence-corrected chi connectivity index (χ0v) is 17.5. The van der Waals surface area contributed by atoms with Crippen molar-refractivity contribution in [2.45, 2.75) is 91.6 Å². The van der Waals surface area contributed by atoms with E-state index in [0.29, 0.717) is 24.0 Å². The van der Waals surface area contributed by atoms with Crippen LogP contribution in [0.3, 0.4) is 0 Å². The van der Waals surface area contributed by atoms with Crippen LogP contribution in [0.1, 0.15) is 85.5 Å². The van der Waals surface area contributed by atoms with Crippen LogP contribution in [-0.2, 0) is 19.1 Å². The van der Waals surface area contributed by atoms with Crippen LogP contribution >= 0.6 is 0 Å². The summed E-state index contributed by atoms with van der Waals surface area (Å²) >= 11 is 0. The standard InChI is InChI=1S/C23H36O4/c1-5-16(10-13-24)23(4)12-9-20-19(21(23)26)7-6-17-14-18(27-15(2)25)8-11-22(17,20)3/h13,16-20H,5-12,14H2,1-4H3/t16-,17-,18+,19-,20+,22+,23-/m1/s1. The highest BCUT2D eigenvalue weighted by Crippen LogP contribution is 2.61. The van der Waals surface area contributed by atoms with Crippen molar-refractivity contribution in [2.24, 2.45) is 34.5 Å². The van der Waals surface area contributed by atoms with Gasteiger partial charge in [-0.25, -0.2) is 0 Å². The number of aldehydes is 1. The monoisotopic (exact) mass is 376 g/mol. The Morgan fingerprint density at radius 1 is 1.22 bits per heavy atom. The fraction of sp³-hybridized carbons (Fsp3) is 0.870.